The highest BCUT2D eigenvalue weighted by Gasteiger charge is 2.35. The number of amides is 1. The molecule has 106 valence electrons. The molecule has 0 unspecified atom stereocenters. The van der Waals surface area contributed by atoms with Gasteiger partial charge in [-0.2, -0.15) is 5.26 Å². The van der Waals surface area contributed by atoms with E-state index in [1.165, 1.54) is 26.2 Å². The monoisotopic (exact) mass is 278 g/mol. The molecule has 0 aliphatic rings. The molecule has 0 radical (unpaired) electrons. The molecular weight excluding hydrogens is 263 g/mol. The predicted molar refractivity (Wildman–Crippen MR) is 69.1 cm³/mol. The first-order chi connectivity index (χ1) is 9.42. The molecule has 1 rings (SSSR count). The van der Waals surface area contributed by atoms with Crippen LogP contribution in [-0.2, 0) is 9.53 Å². The van der Waals surface area contributed by atoms with Crippen molar-refractivity contribution in [3.8, 4) is 6.07 Å². The van der Waals surface area contributed by atoms with Crippen LogP contribution in [0.4, 0.5) is 4.39 Å². The Morgan fingerprint density at radius 1 is 1.40 bits per heavy atom. The van der Waals surface area contributed by atoms with Gasteiger partial charge >= 0.3 is 5.97 Å². The van der Waals surface area contributed by atoms with Gasteiger partial charge in [0.25, 0.3) is 5.91 Å². The van der Waals surface area contributed by atoms with E-state index < -0.39 is 23.2 Å². The molecule has 0 saturated carbocycles. The lowest BCUT2D eigenvalue weighted by Crippen LogP contribution is -2.52. The van der Waals surface area contributed by atoms with Crippen LogP contribution in [0.5, 0.6) is 0 Å². The third kappa shape index (κ3) is 3.79. The average Bonchev–Trinajstić information content (AvgIpc) is 2.44. The maximum Gasteiger partial charge on any atom is 0.331 e. The molecule has 0 spiro atoms. The normalized spacial score (nSPS) is 12.9. The Hall–Kier alpha value is -2.42. The van der Waals surface area contributed by atoms with Crippen molar-refractivity contribution < 1.29 is 18.7 Å². The fraction of sp³-hybridized carbons (Fsp3) is 0.357. The smallest absolute Gasteiger partial charge is 0.331 e. The lowest BCUT2D eigenvalue weighted by Gasteiger charge is -2.27. The number of ether oxygens (including phenoxy) is 1. The third-order valence-corrected chi connectivity index (χ3v) is 2.87. The molecule has 20 heavy (non-hydrogen) atoms. The topological polar surface area (TPSA) is 79.2 Å². The second-order valence-corrected chi connectivity index (χ2v) is 4.44. The van der Waals surface area contributed by atoms with Gasteiger partial charge in [0.15, 0.2) is 0 Å². The number of nitriles is 1. The van der Waals surface area contributed by atoms with Crippen LogP contribution in [-0.4, -0.2) is 24.5 Å². The van der Waals surface area contributed by atoms with Gasteiger partial charge in [-0.25, -0.2) is 9.18 Å². The Kier molecular flexibility index (Phi) is 5.21. The Labute approximate surface area is 116 Å². The molecular formula is C14H15FN2O3. The summed E-state index contributed by atoms with van der Waals surface area (Å²) in [5, 5.41) is 11.1. The number of methoxy groups -OCH3 is 1. The highest BCUT2D eigenvalue weighted by atomic mass is 19.1. The predicted octanol–water partition coefficient (Wildman–Crippen LogP) is 1.79. The first kappa shape index (κ1) is 15.6. The minimum absolute atomic E-state index is 0.0926. The van der Waals surface area contributed by atoms with E-state index in [2.05, 4.69) is 10.1 Å². The van der Waals surface area contributed by atoms with E-state index in [0.29, 0.717) is 0 Å². The van der Waals surface area contributed by atoms with Gasteiger partial charge in [-0.1, -0.05) is 0 Å². The maximum absolute atomic E-state index is 12.8. The highest BCUT2D eigenvalue weighted by molar-refractivity contribution is 5.98. The zero-order chi connectivity index (χ0) is 15.2. The van der Waals surface area contributed by atoms with E-state index >= 15 is 0 Å². The second kappa shape index (κ2) is 6.66. The summed E-state index contributed by atoms with van der Waals surface area (Å²) in [6, 6.07) is 6.84. The second-order valence-electron chi connectivity index (χ2n) is 4.44. The lowest BCUT2D eigenvalue weighted by molar-refractivity contribution is -0.147. The SMILES string of the molecule is COC(=O)[C@@](C)(CCC#N)NC(=O)c1ccc(F)cc1. The van der Waals surface area contributed by atoms with Crippen molar-refractivity contribution >= 4 is 11.9 Å². The molecule has 5 nitrogen and oxygen atoms in total. The Bertz CT molecular complexity index is 536. The van der Waals surface area contributed by atoms with E-state index in [1.807, 2.05) is 6.07 Å². The van der Waals surface area contributed by atoms with Crippen molar-refractivity contribution in [1.82, 2.24) is 5.32 Å². The molecule has 0 aromatic heterocycles. The number of rotatable bonds is 5. The van der Waals surface area contributed by atoms with Gasteiger partial charge in [0.2, 0.25) is 0 Å². The Morgan fingerprint density at radius 2 is 2.00 bits per heavy atom. The number of nitrogens with zero attached hydrogens (tertiary/aromatic N) is 1. The minimum atomic E-state index is -1.30. The lowest BCUT2D eigenvalue weighted by atomic mass is 9.95. The van der Waals surface area contributed by atoms with Gasteiger partial charge in [0.1, 0.15) is 11.4 Å². The van der Waals surface area contributed by atoms with Crippen LogP contribution in [0, 0.1) is 17.1 Å². The van der Waals surface area contributed by atoms with Crippen molar-refractivity contribution in [2.24, 2.45) is 0 Å². The van der Waals surface area contributed by atoms with Crippen LogP contribution in [0.2, 0.25) is 0 Å². The van der Waals surface area contributed by atoms with Gasteiger partial charge in [0.05, 0.1) is 13.2 Å². The molecule has 0 aliphatic carbocycles. The summed E-state index contributed by atoms with van der Waals surface area (Å²) in [6.07, 6.45) is 0.221. The molecule has 1 atom stereocenters. The molecule has 0 bridgehead atoms. The summed E-state index contributed by atoms with van der Waals surface area (Å²) >= 11 is 0. The van der Waals surface area contributed by atoms with E-state index in [9.17, 15) is 14.0 Å². The van der Waals surface area contributed by atoms with Crippen molar-refractivity contribution in [2.75, 3.05) is 7.11 Å². The first-order valence-corrected chi connectivity index (χ1v) is 5.96. The summed E-state index contributed by atoms with van der Waals surface area (Å²) in [7, 11) is 1.21. The van der Waals surface area contributed by atoms with Crippen LogP contribution in [0.15, 0.2) is 24.3 Å². The number of carbonyl (C=O) groups excluding carboxylic acids is 2. The minimum Gasteiger partial charge on any atom is -0.467 e. The molecule has 6 heteroatoms. The van der Waals surface area contributed by atoms with Gasteiger partial charge in [-0.05, 0) is 37.6 Å². The zero-order valence-electron chi connectivity index (χ0n) is 11.3. The number of nitrogens with one attached hydrogen (secondary N) is 1. The maximum atomic E-state index is 12.8. The average molecular weight is 278 g/mol. The van der Waals surface area contributed by atoms with Gasteiger partial charge in [0, 0.05) is 12.0 Å². The Balaban J connectivity index is 2.89. The van der Waals surface area contributed by atoms with E-state index in [4.69, 9.17) is 5.26 Å². The summed E-state index contributed by atoms with van der Waals surface area (Å²) in [5.74, 6) is -1.62. The summed E-state index contributed by atoms with van der Waals surface area (Å²) in [5.41, 5.74) is -1.07. The van der Waals surface area contributed by atoms with Crippen LogP contribution in [0.3, 0.4) is 0 Å². The van der Waals surface area contributed by atoms with Gasteiger partial charge in [-0.3, -0.25) is 4.79 Å². The number of hydrogen-bond acceptors (Lipinski definition) is 4. The van der Waals surface area contributed by atoms with Crippen LogP contribution >= 0.6 is 0 Å². The van der Waals surface area contributed by atoms with Crippen molar-refractivity contribution in [3.05, 3.63) is 35.6 Å². The van der Waals surface area contributed by atoms with Crippen LogP contribution in [0.25, 0.3) is 0 Å². The number of esters is 1. The number of halogens is 1. The van der Waals surface area contributed by atoms with Crippen LogP contribution in [0.1, 0.15) is 30.1 Å². The van der Waals surface area contributed by atoms with Gasteiger partial charge < -0.3 is 10.1 Å². The highest BCUT2D eigenvalue weighted by Crippen LogP contribution is 2.15. The quantitative estimate of drug-likeness (QED) is 0.833. The zero-order valence-corrected chi connectivity index (χ0v) is 11.3. The molecule has 0 fully saturated rings. The molecule has 1 N–H and O–H groups in total. The number of carbonyl (C=O) groups is 2. The third-order valence-electron chi connectivity index (χ3n) is 2.87. The molecule has 0 aliphatic heterocycles. The largest absolute Gasteiger partial charge is 0.467 e. The molecule has 1 amide bonds. The fourth-order valence-electron chi connectivity index (χ4n) is 1.67. The Morgan fingerprint density at radius 3 is 2.50 bits per heavy atom. The van der Waals surface area contributed by atoms with Crippen molar-refractivity contribution in [3.63, 3.8) is 0 Å². The standard InChI is InChI=1S/C14H15FN2O3/c1-14(8-3-9-16,13(19)20-2)17-12(18)10-4-6-11(15)7-5-10/h4-7H,3,8H2,1-2H3,(H,17,18)/t14-/m1/s1. The van der Waals surface area contributed by atoms with E-state index in [0.717, 1.165) is 12.1 Å². The summed E-state index contributed by atoms with van der Waals surface area (Å²) < 4.78 is 17.4. The summed E-state index contributed by atoms with van der Waals surface area (Å²) in [4.78, 5) is 23.8. The molecule has 1 aromatic carbocycles. The van der Waals surface area contributed by atoms with Crippen molar-refractivity contribution in [1.29, 1.82) is 5.26 Å². The summed E-state index contributed by atoms with van der Waals surface area (Å²) in [6.45, 7) is 1.48. The number of hydrogen-bond donors (Lipinski definition) is 1. The molecule has 0 saturated heterocycles. The van der Waals surface area contributed by atoms with E-state index in [-0.39, 0.29) is 18.4 Å². The fourth-order valence-corrected chi connectivity index (χ4v) is 1.67. The van der Waals surface area contributed by atoms with Crippen molar-refractivity contribution in [2.45, 2.75) is 25.3 Å². The molecule has 1 aromatic rings. The molecule has 0 heterocycles. The van der Waals surface area contributed by atoms with E-state index in [1.54, 1.807) is 0 Å². The van der Waals surface area contributed by atoms with Gasteiger partial charge in [-0.15, -0.1) is 0 Å². The first-order valence-electron chi connectivity index (χ1n) is 5.96. The number of benzene rings is 1. The van der Waals surface area contributed by atoms with Crippen LogP contribution < -0.4 is 5.32 Å².